The molecule has 0 bridgehead atoms. The molecule has 1 heterocycles. The van der Waals surface area contributed by atoms with Gasteiger partial charge in [0.1, 0.15) is 12.3 Å². The maximum absolute atomic E-state index is 13.2. The summed E-state index contributed by atoms with van der Waals surface area (Å²) >= 11 is 6.03. The molecule has 1 aliphatic rings. The highest BCUT2D eigenvalue weighted by Gasteiger charge is 2.34. The Morgan fingerprint density at radius 3 is 2.33 bits per heavy atom. The van der Waals surface area contributed by atoms with E-state index in [1.807, 2.05) is 47.4 Å². The molecule has 0 unspecified atom stereocenters. The van der Waals surface area contributed by atoms with Gasteiger partial charge in [0, 0.05) is 23.7 Å². The van der Waals surface area contributed by atoms with Crippen LogP contribution in [-0.4, -0.2) is 47.9 Å². The molecule has 0 aliphatic carbocycles. The second-order valence-corrected chi connectivity index (χ2v) is 8.68. The molecule has 0 N–H and O–H groups in total. The van der Waals surface area contributed by atoms with Crippen molar-refractivity contribution in [3.63, 3.8) is 0 Å². The van der Waals surface area contributed by atoms with Crippen LogP contribution in [0.3, 0.4) is 0 Å². The van der Waals surface area contributed by atoms with Crippen molar-refractivity contribution in [3.8, 4) is 5.75 Å². The van der Waals surface area contributed by atoms with Crippen LogP contribution >= 0.6 is 11.6 Å². The fourth-order valence-electron chi connectivity index (χ4n) is 4.17. The first kappa shape index (κ1) is 22.9. The van der Waals surface area contributed by atoms with Crippen molar-refractivity contribution in [2.45, 2.75) is 25.4 Å². The quantitative estimate of drug-likeness (QED) is 0.505. The number of aryl methyl sites for hydroxylation is 1. The topological polar surface area (TPSA) is 49.9 Å². The van der Waals surface area contributed by atoms with Crippen LogP contribution in [0, 0.1) is 0 Å². The average Bonchev–Trinajstić information content (AvgIpc) is 2.85. The van der Waals surface area contributed by atoms with Gasteiger partial charge in [0.25, 0.3) is 5.91 Å². The first-order valence-electron chi connectivity index (χ1n) is 11.0. The van der Waals surface area contributed by atoms with Gasteiger partial charge in [0.15, 0.2) is 0 Å². The van der Waals surface area contributed by atoms with Crippen molar-refractivity contribution in [3.05, 3.63) is 101 Å². The van der Waals surface area contributed by atoms with E-state index in [-0.39, 0.29) is 24.4 Å². The summed E-state index contributed by atoms with van der Waals surface area (Å²) in [4.78, 5) is 30.0. The maximum atomic E-state index is 13.2. The summed E-state index contributed by atoms with van der Waals surface area (Å²) in [5.41, 5.74) is 2.79. The third-order valence-corrected chi connectivity index (χ3v) is 6.27. The molecule has 3 aromatic carbocycles. The Morgan fingerprint density at radius 2 is 1.67 bits per heavy atom. The normalized spacial score (nSPS) is 16.1. The van der Waals surface area contributed by atoms with Gasteiger partial charge in [0.05, 0.1) is 13.2 Å². The summed E-state index contributed by atoms with van der Waals surface area (Å²) in [7, 11) is 1.59. The molecule has 0 aromatic heterocycles. The molecule has 170 valence electrons. The van der Waals surface area contributed by atoms with Crippen molar-refractivity contribution in [1.82, 2.24) is 9.80 Å². The molecule has 0 spiro atoms. The third kappa shape index (κ3) is 5.74. The summed E-state index contributed by atoms with van der Waals surface area (Å²) in [6.07, 6.45) is 1.61. The van der Waals surface area contributed by atoms with Crippen LogP contribution in [0.5, 0.6) is 5.75 Å². The van der Waals surface area contributed by atoms with Crippen LogP contribution in [0.2, 0.25) is 5.02 Å². The van der Waals surface area contributed by atoms with Gasteiger partial charge in [-0.05, 0) is 60.4 Å². The largest absolute Gasteiger partial charge is 0.497 e. The Morgan fingerprint density at radius 1 is 0.970 bits per heavy atom. The van der Waals surface area contributed by atoms with E-state index >= 15 is 0 Å². The molecule has 0 saturated carbocycles. The van der Waals surface area contributed by atoms with Crippen molar-refractivity contribution >= 4 is 23.4 Å². The van der Waals surface area contributed by atoms with Gasteiger partial charge in [0.2, 0.25) is 5.91 Å². The van der Waals surface area contributed by atoms with Crippen LogP contribution in [0.4, 0.5) is 0 Å². The van der Waals surface area contributed by atoms with E-state index in [4.69, 9.17) is 16.3 Å². The lowest BCUT2D eigenvalue weighted by atomic mass is 10.00. The van der Waals surface area contributed by atoms with Crippen LogP contribution in [-0.2, 0) is 17.8 Å². The molecule has 1 aliphatic heterocycles. The van der Waals surface area contributed by atoms with Gasteiger partial charge in [-0.1, -0.05) is 54.1 Å². The monoisotopic (exact) mass is 462 g/mol. The molecule has 0 radical (unpaired) electrons. The van der Waals surface area contributed by atoms with Crippen LogP contribution < -0.4 is 4.74 Å². The first-order chi connectivity index (χ1) is 16.0. The number of methoxy groups -OCH3 is 1. The molecule has 33 heavy (non-hydrogen) atoms. The fourth-order valence-corrected chi connectivity index (χ4v) is 4.30. The van der Waals surface area contributed by atoms with E-state index in [2.05, 4.69) is 12.1 Å². The number of hydrogen-bond acceptors (Lipinski definition) is 3. The Bertz CT molecular complexity index is 1080. The van der Waals surface area contributed by atoms with Crippen molar-refractivity contribution in [2.24, 2.45) is 0 Å². The number of halogens is 1. The lowest BCUT2D eigenvalue weighted by Gasteiger charge is -2.41. The van der Waals surface area contributed by atoms with Gasteiger partial charge in [-0.25, -0.2) is 0 Å². The van der Waals surface area contributed by atoms with Gasteiger partial charge in [-0.2, -0.15) is 0 Å². The fraction of sp³-hybridized carbons (Fsp3) is 0.259. The van der Waals surface area contributed by atoms with E-state index in [0.29, 0.717) is 29.4 Å². The van der Waals surface area contributed by atoms with Crippen molar-refractivity contribution in [2.75, 3.05) is 20.2 Å². The summed E-state index contributed by atoms with van der Waals surface area (Å²) in [5.74, 6) is 0.508. The summed E-state index contributed by atoms with van der Waals surface area (Å²) in [6, 6.07) is 24.7. The number of rotatable bonds is 7. The van der Waals surface area contributed by atoms with Crippen LogP contribution in [0.25, 0.3) is 0 Å². The molecule has 1 fully saturated rings. The summed E-state index contributed by atoms with van der Waals surface area (Å²) < 4.78 is 5.19. The zero-order valence-electron chi connectivity index (χ0n) is 18.6. The standard InChI is InChI=1S/C27H27ClN2O3/c1-33-25-15-10-22(11-16-25)27(32)29-18-24(14-9-20-5-3-2-4-6-20)30(26(31)19-29)17-21-7-12-23(28)13-8-21/h2-8,10-13,15-16,24H,9,14,17-19H2,1H3/t24-/m0/s1. The lowest BCUT2D eigenvalue weighted by molar-refractivity contribution is -0.139. The maximum Gasteiger partial charge on any atom is 0.254 e. The van der Waals surface area contributed by atoms with Crippen LogP contribution in [0.1, 0.15) is 27.9 Å². The minimum Gasteiger partial charge on any atom is -0.497 e. The minimum absolute atomic E-state index is 0.0453. The first-order valence-corrected chi connectivity index (χ1v) is 11.4. The molecular formula is C27H27ClN2O3. The molecular weight excluding hydrogens is 436 g/mol. The van der Waals surface area contributed by atoms with Gasteiger partial charge < -0.3 is 14.5 Å². The van der Waals surface area contributed by atoms with E-state index < -0.39 is 0 Å². The number of amides is 2. The molecule has 4 rings (SSSR count). The Kier molecular flexibility index (Phi) is 7.30. The number of nitrogens with zero attached hydrogens (tertiary/aromatic N) is 2. The average molecular weight is 463 g/mol. The van der Waals surface area contributed by atoms with E-state index in [1.165, 1.54) is 5.56 Å². The number of hydrogen-bond donors (Lipinski definition) is 0. The smallest absolute Gasteiger partial charge is 0.254 e. The molecule has 2 amide bonds. The zero-order valence-corrected chi connectivity index (χ0v) is 19.4. The predicted molar refractivity (Wildman–Crippen MR) is 129 cm³/mol. The number of carbonyl (C=O) groups is 2. The van der Waals surface area contributed by atoms with E-state index in [9.17, 15) is 9.59 Å². The highest BCUT2D eigenvalue weighted by molar-refractivity contribution is 6.30. The summed E-state index contributed by atoms with van der Waals surface area (Å²) in [6.45, 7) is 1.07. The highest BCUT2D eigenvalue weighted by atomic mass is 35.5. The van der Waals surface area contributed by atoms with Crippen molar-refractivity contribution < 1.29 is 14.3 Å². The van der Waals surface area contributed by atoms with Gasteiger partial charge in [-0.15, -0.1) is 0 Å². The van der Waals surface area contributed by atoms with Crippen molar-refractivity contribution in [1.29, 1.82) is 0 Å². The molecule has 3 aromatic rings. The highest BCUT2D eigenvalue weighted by Crippen LogP contribution is 2.22. The number of benzene rings is 3. The predicted octanol–water partition coefficient (Wildman–Crippen LogP) is 4.83. The second kappa shape index (κ2) is 10.5. The molecule has 5 nitrogen and oxygen atoms in total. The molecule has 1 saturated heterocycles. The number of ether oxygens (including phenoxy) is 1. The molecule has 1 atom stereocenters. The van der Waals surface area contributed by atoms with Gasteiger partial charge in [-0.3, -0.25) is 9.59 Å². The SMILES string of the molecule is COc1ccc(C(=O)N2CC(=O)N(Cc3ccc(Cl)cc3)[C@@H](CCc3ccccc3)C2)cc1. The second-order valence-electron chi connectivity index (χ2n) is 8.24. The number of piperazine rings is 1. The third-order valence-electron chi connectivity index (χ3n) is 6.02. The zero-order chi connectivity index (χ0) is 23.2. The Balaban J connectivity index is 1.53. The van der Waals surface area contributed by atoms with Gasteiger partial charge >= 0.3 is 0 Å². The summed E-state index contributed by atoms with van der Waals surface area (Å²) in [5, 5.41) is 0.667. The van der Waals surface area contributed by atoms with Crippen LogP contribution in [0.15, 0.2) is 78.9 Å². The Labute approximate surface area is 199 Å². The number of carbonyl (C=O) groups excluding carboxylic acids is 2. The van der Waals surface area contributed by atoms with E-state index in [0.717, 1.165) is 18.4 Å². The Hall–Kier alpha value is -3.31. The molecule has 6 heteroatoms. The minimum atomic E-state index is -0.137. The lowest BCUT2D eigenvalue weighted by Crippen LogP contribution is -2.57. The van der Waals surface area contributed by atoms with E-state index in [1.54, 1.807) is 36.3 Å².